The van der Waals surface area contributed by atoms with Crippen molar-refractivity contribution in [1.29, 1.82) is 0 Å². The Morgan fingerprint density at radius 1 is 1.41 bits per heavy atom. The van der Waals surface area contributed by atoms with Crippen molar-refractivity contribution in [3.63, 3.8) is 0 Å². The topological polar surface area (TPSA) is 32.8 Å². The van der Waals surface area contributed by atoms with Gasteiger partial charge >= 0.3 is 6.09 Å². The lowest BCUT2D eigenvalue weighted by molar-refractivity contribution is -0.00765. The molecular weight excluding hydrogens is 276 g/mol. The van der Waals surface area contributed by atoms with Crippen molar-refractivity contribution >= 4 is 6.09 Å². The lowest BCUT2D eigenvalue weighted by Gasteiger charge is -2.46. The molecule has 1 atom stereocenters. The third kappa shape index (κ3) is 5.01. The first-order valence-corrected chi connectivity index (χ1v) is 8.46. The van der Waals surface area contributed by atoms with E-state index >= 15 is 0 Å². The molecule has 1 heterocycles. The van der Waals surface area contributed by atoms with Gasteiger partial charge in [-0.2, -0.15) is 0 Å². The molecule has 1 unspecified atom stereocenters. The van der Waals surface area contributed by atoms with E-state index in [-0.39, 0.29) is 11.6 Å². The van der Waals surface area contributed by atoms with E-state index in [1.54, 1.807) is 0 Å². The Labute approximate surface area is 136 Å². The van der Waals surface area contributed by atoms with E-state index in [0.717, 1.165) is 38.8 Å². The zero-order valence-electron chi connectivity index (χ0n) is 15.3. The van der Waals surface area contributed by atoms with Crippen LogP contribution in [0.5, 0.6) is 0 Å². The Bertz CT molecular complexity index is 387. The summed E-state index contributed by atoms with van der Waals surface area (Å²) in [5, 5.41) is 0. The molecule has 4 heteroatoms. The summed E-state index contributed by atoms with van der Waals surface area (Å²) in [6.45, 7) is 15.9. The molecule has 1 rings (SSSR count). The van der Waals surface area contributed by atoms with Crippen molar-refractivity contribution in [2.24, 2.45) is 0 Å². The van der Waals surface area contributed by atoms with Gasteiger partial charge in [-0.15, -0.1) is 6.58 Å². The van der Waals surface area contributed by atoms with Crippen molar-refractivity contribution < 1.29 is 9.53 Å². The van der Waals surface area contributed by atoms with Gasteiger partial charge in [0.2, 0.25) is 0 Å². The number of hydrogen-bond donors (Lipinski definition) is 0. The maximum atomic E-state index is 12.6. The van der Waals surface area contributed by atoms with E-state index in [2.05, 4.69) is 32.4 Å². The van der Waals surface area contributed by atoms with Crippen LogP contribution in [0, 0.1) is 0 Å². The second kappa shape index (κ2) is 7.49. The summed E-state index contributed by atoms with van der Waals surface area (Å²) in [6, 6.07) is 0.500. The molecule has 1 saturated heterocycles. The van der Waals surface area contributed by atoms with E-state index in [4.69, 9.17) is 4.74 Å². The van der Waals surface area contributed by atoms with Crippen LogP contribution in [0.1, 0.15) is 60.3 Å². The summed E-state index contributed by atoms with van der Waals surface area (Å²) < 4.78 is 5.61. The van der Waals surface area contributed by atoms with Gasteiger partial charge in [-0.3, -0.25) is 4.90 Å². The van der Waals surface area contributed by atoms with Crippen LogP contribution in [-0.4, -0.2) is 53.2 Å². The first kappa shape index (κ1) is 19.0. The maximum Gasteiger partial charge on any atom is 0.410 e. The predicted octanol–water partition coefficient (Wildman–Crippen LogP) is 4.06. The summed E-state index contributed by atoms with van der Waals surface area (Å²) in [6.07, 6.45) is 5.81. The Balaban J connectivity index is 2.86. The van der Waals surface area contributed by atoms with E-state index < -0.39 is 5.60 Å². The molecule has 4 nitrogen and oxygen atoms in total. The number of rotatable bonds is 5. The van der Waals surface area contributed by atoms with Gasteiger partial charge in [0.05, 0.1) is 5.54 Å². The van der Waals surface area contributed by atoms with E-state index in [9.17, 15) is 4.79 Å². The molecule has 0 aromatic rings. The summed E-state index contributed by atoms with van der Waals surface area (Å²) in [7, 11) is 2.13. The first-order chi connectivity index (χ1) is 10.1. The minimum atomic E-state index is -0.462. The second-order valence-corrected chi connectivity index (χ2v) is 7.72. The summed E-state index contributed by atoms with van der Waals surface area (Å²) >= 11 is 0. The number of nitrogens with zero attached hydrogens (tertiary/aromatic N) is 2. The Hall–Kier alpha value is -1.03. The summed E-state index contributed by atoms with van der Waals surface area (Å²) in [5.74, 6) is 0. The van der Waals surface area contributed by atoms with Crippen molar-refractivity contribution in [3.05, 3.63) is 12.7 Å². The number of piperidine rings is 1. The molecule has 0 aromatic heterocycles. The molecular formula is C18H34N2O2. The second-order valence-electron chi connectivity index (χ2n) is 7.72. The Morgan fingerprint density at radius 3 is 2.55 bits per heavy atom. The number of amides is 1. The highest BCUT2D eigenvalue weighted by Gasteiger charge is 2.40. The molecule has 1 aliphatic heterocycles. The molecule has 0 N–H and O–H groups in total. The quantitative estimate of drug-likeness (QED) is 0.718. The van der Waals surface area contributed by atoms with Crippen LogP contribution in [0.3, 0.4) is 0 Å². The molecule has 1 amide bonds. The normalized spacial score (nSPS) is 23.0. The van der Waals surface area contributed by atoms with Gasteiger partial charge in [-0.05, 0) is 67.3 Å². The smallest absolute Gasteiger partial charge is 0.410 e. The number of carbonyl (C=O) groups is 1. The molecule has 0 aliphatic carbocycles. The van der Waals surface area contributed by atoms with Gasteiger partial charge in [0, 0.05) is 19.1 Å². The van der Waals surface area contributed by atoms with Crippen LogP contribution >= 0.6 is 0 Å². The Kier molecular flexibility index (Phi) is 6.48. The highest BCUT2D eigenvalue weighted by atomic mass is 16.6. The van der Waals surface area contributed by atoms with Gasteiger partial charge in [-0.25, -0.2) is 4.79 Å². The minimum Gasteiger partial charge on any atom is -0.444 e. The predicted molar refractivity (Wildman–Crippen MR) is 92.1 cm³/mol. The molecule has 128 valence electrons. The van der Waals surface area contributed by atoms with Gasteiger partial charge < -0.3 is 9.64 Å². The zero-order chi connectivity index (χ0) is 17.0. The van der Waals surface area contributed by atoms with Crippen LogP contribution in [0.15, 0.2) is 12.7 Å². The maximum absolute atomic E-state index is 12.6. The number of hydrogen-bond acceptors (Lipinski definition) is 3. The van der Waals surface area contributed by atoms with Crippen molar-refractivity contribution in [3.8, 4) is 0 Å². The third-order valence-electron chi connectivity index (χ3n) is 4.55. The Morgan fingerprint density at radius 2 is 2.05 bits per heavy atom. The van der Waals surface area contributed by atoms with Crippen LogP contribution in [-0.2, 0) is 4.74 Å². The van der Waals surface area contributed by atoms with Gasteiger partial charge in [0.1, 0.15) is 5.60 Å². The average molecular weight is 310 g/mol. The molecule has 22 heavy (non-hydrogen) atoms. The largest absolute Gasteiger partial charge is 0.444 e. The number of ether oxygens (including phenoxy) is 1. The zero-order valence-corrected chi connectivity index (χ0v) is 15.3. The molecule has 0 radical (unpaired) electrons. The van der Waals surface area contributed by atoms with Crippen molar-refractivity contribution in [2.45, 2.75) is 77.5 Å². The fourth-order valence-electron chi connectivity index (χ4n) is 2.85. The van der Waals surface area contributed by atoms with Crippen LogP contribution in [0.25, 0.3) is 0 Å². The SMILES string of the molecule is C=CC1(CCN(C)C(C)C)CCCCN1C(=O)OC(C)(C)C. The van der Waals surface area contributed by atoms with Crippen LogP contribution in [0.4, 0.5) is 4.79 Å². The fourth-order valence-corrected chi connectivity index (χ4v) is 2.85. The number of carbonyl (C=O) groups excluding carboxylic acids is 1. The van der Waals surface area contributed by atoms with Gasteiger partial charge in [0.25, 0.3) is 0 Å². The van der Waals surface area contributed by atoms with E-state index in [0.29, 0.717) is 6.04 Å². The highest BCUT2D eigenvalue weighted by Crippen LogP contribution is 2.34. The van der Waals surface area contributed by atoms with Gasteiger partial charge in [-0.1, -0.05) is 6.08 Å². The average Bonchev–Trinajstić information content (AvgIpc) is 2.42. The highest BCUT2D eigenvalue weighted by molar-refractivity contribution is 5.70. The molecule has 0 saturated carbocycles. The minimum absolute atomic E-state index is 0.209. The standard InChI is InChI=1S/C18H34N2O2/c1-8-18(12-14-19(7)15(2)3)11-9-10-13-20(18)16(21)22-17(4,5)6/h8,15H,1,9-14H2,2-7H3. The molecule has 0 spiro atoms. The fraction of sp³-hybridized carbons (Fsp3) is 0.833. The number of likely N-dealkylation sites (tertiary alicyclic amines) is 1. The molecule has 0 bridgehead atoms. The lowest BCUT2D eigenvalue weighted by Crippen LogP contribution is -2.55. The van der Waals surface area contributed by atoms with Crippen LogP contribution < -0.4 is 0 Å². The van der Waals surface area contributed by atoms with E-state index in [1.807, 2.05) is 31.7 Å². The monoisotopic (exact) mass is 310 g/mol. The van der Waals surface area contributed by atoms with E-state index in [1.165, 1.54) is 0 Å². The van der Waals surface area contributed by atoms with Crippen LogP contribution in [0.2, 0.25) is 0 Å². The molecule has 1 aliphatic rings. The van der Waals surface area contributed by atoms with Crippen molar-refractivity contribution in [2.75, 3.05) is 20.1 Å². The van der Waals surface area contributed by atoms with Crippen molar-refractivity contribution in [1.82, 2.24) is 9.80 Å². The summed E-state index contributed by atoms with van der Waals surface area (Å²) in [5.41, 5.74) is -0.736. The lowest BCUT2D eigenvalue weighted by atomic mass is 9.83. The first-order valence-electron chi connectivity index (χ1n) is 8.46. The molecule has 0 aromatic carbocycles. The van der Waals surface area contributed by atoms with Gasteiger partial charge in [0.15, 0.2) is 0 Å². The molecule has 1 fully saturated rings. The third-order valence-corrected chi connectivity index (χ3v) is 4.55. The summed E-state index contributed by atoms with van der Waals surface area (Å²) in [4.78, 5) is 16.8.